The predicted molar refractivity (Wildman–Crippen MR) is 115 cm³/mol. The van der Waals surface area contributed by atoms with Crippen molar-refractivity contribution in [1.29, 1.82) is 0 Å². The molecule has 3 heterocycles. The Morgan fingerprint density at radius 2 is 2.13 bits per heavy atom. The van der Waals surface area contributed by atoms with E-state index in [4.69, 9.17) is 9.52 Å². The van der Waals surface area contributed by atoms with Crippen LogP contribution >= 0.6 is 0 Å². The number of para-hydroxylation sites is 1. The van der Waals surface area contributed by atoms with E-state index < -0.39 is 0 Å². The molecule has 1 aromatic heterocycles. The Morgan fingerprint density at radius 3 is 2.93 bits per heavy atom. The zero-order valence-electron chi connectivity index (χ0n) is 16.9. The number of hydrogen-bond donors (Lipinski definition) is 0. The van der Waals surface area contributed by atoms with Crippen molar-refractivity contribution in [2.75, 3.05) is 13.1 Å². The van der Waals surface area contributed by atoms with Crippen molar-refractivity contribution in [2.45, 2.75) is 32.2 Å². The second-order valence-electron chi connectivity index (χ2n) is 7.91. The Balaban J connectivity index is 1.50. The summed E-state index contributed by atoms with van der Waals surface area (Å²) in [5.41, 5.74) is 3.54. The molecular weight excluding hydrogens is 378 g/mol. The summed E-state index contributed by atoms with van der Waals surface area (Å²) in [4.78, 5) is 27.5. The van der Waals surface area contributed by atoms with Crippen LogP contribution in [-0.4, -0.2) is 46.6 Å². The topological polar surface area (TPSA) is 66.1 Å². The number of carbonyl (C=O) groups excluding carboxylic acids is 2. The van der Waals surface area contributed by atoms with Crippen LogP contribution in [0.15, 0.2) is 75.3 Å². The van der Waals surface area contributed by atoms with Crippen molar-refractivity contribution >= 4 is 28.5 Å². The first-order valence-corrected chi connectivity index (χ1v) is 10.3. The highest BCUT2D eigenvalue weighted by Gasteiger charge is 2.40. The fourth-order valence-corrected chi connectivity index (χ4v) is 4.31. The van der Waals surface area contributed by atoms with Crippen molar-refractivity contribution in [3.63, 3.8) is 0 Å². The Kier molecular flexibility index (Phi) is 4.62. The van der Waals surface area contributed by atoms with Crippen molar-refractivity contribution in [1.82, 2.24) is 9.91 Å². The minimum absolute atomic E-state index is 0.124. The average Bonchev–Trinajstić information content (AvgIpc) is 3.43. The number of rotatable bonds is 3. The predicted octanol–water partition coefficient (Wildman–Crippen LogP) is 4.07. The first kappa shape index (κ1) is 18.6. The molecule has 1 saturated heterocycles. The van der Waals surface area contributed by atoms with E-state index in [1.165, 1.54) is 5.01 Å². The Morgan fingerprint density at radius 1 is 1.27 bits per heavy atom. The summed E-state index contributed by atoms with van der Waals surface area (Å²) < 4.78 is 5.76. The molecule has 3 aliphatic rings. The normalized spacial score (nSPS) is 21.7. The maximum absolute atomic E-state index is 13.2. The summed E-state index contributed by atoms with van der Waals surface area (Å²) in [5.74, 6) is 0.0978. The van der Waals surface area contributed by atoms with E-state index in [2.05, 4.69) is 24.3 Å². The number of allylic oxidation sites excluding steroid dienone is 5. The molecule has 1 aliphatic carbocycles. The Labute approximate surface area is 174 Å². The first-order valence-electron chi connectivity index (χ1n) is 10.3. The van der Waals surface area contributed by atoms with Crippen molar-refractivity contribution in [2.24, 2.45) is 5.10 Å². The zero-order valence-corrected chi connectivity index (χ0v) is 16.9. The second-order valence-corrected chi connectivity index (χ2v) is 7.91. The number of likely N-dealkylation sites (tertiary alicyclic amines) is 1. The molecule has 6 nitrogen and oxygen atoms in total. The molecule has 0 radical (unpaired) electrons. The maximum Gasteiger partial charge on any atom is 0.309 e. The van der Waals surface area contributed by atoms with Gasteiger partial charge in [-0.15, -0.1) is 0 Å². The van der Waals surface area contributed by atoms with Crippen LogP contribution in [0.5, 0.6) is 0 Å². The van der Waals surface area contributed by atoms with Gasteiger partial charge < -0.3 is 9.32 Å². The third-order valence-electron chi connectivity index (χ3n) is 5.78. The van der Waals surface area contributed by atoms with Gasteiger partial charge in [-0.05, 0) is 37.5 Å². The highest BCUT2D eigenvalue weighted by atomic mass is 16.3. The SMILES string of the molecule is CC1=CC(C2=NN(C(=O)c3cc4ccccc4o3)CC2N2CCCC2=O)=CCC=C1. The quantitative estimate of drug-likeness (QED) is 0.779. The summed E-state index contributed by atoms with van der Waals surface area (Å²) >= 11 is 0. The van der Waals surface area contributed by atoms with Crippen LogP contribution in [0.1, 0.15) is 36.7 Å². The lowest BCUT2D eigenvalue weighted by Crippen LogP contribution is -2.44. The lowest BCUT2D eigenvalue weighted by molar-refractivity contribution is -0.128. The molecule has 0 saturated carbocycles. The third kappa shape index (κ3) is 3.28. The van der Waals surface area contributed by atoms with Gasteiger partial charge >= 0.3 is 5.91 Å². The number of hydrogen-bond acceptors (Lipinski definition) is 4. The van der Waals surface area contributed by atoms with Crippen LogP contribution in [-0.2, 0) is 4.79 Å². The van der Waals surface area contributed by atoms with Crippen LogP contribution in [0.25, 0.3) is 11.0 Å². The monoisotopic (exact) mass is 401 g/mol. The van der Waals surface area contributed by atoms with Gasteiger partial charge in [0.05, 0.1) is 18.3 Å². The number of fused-ring (bicyclic) bond motifs is 1. The summed E-state index contributed by atoms with van der Waals surface area (Å²) in [6, 6.07) is 9.06. The van der Waals surface area contributed by atoms with Crippen LogP contribution in [0.2, 0.25) is 0 Å². The lowest BCUT2D eigenvalue weighted by Gasteiger charge is -2.25. The maximum atomic E-state index is 13.2. The van der Waals surface area contributed by atoms with E-state index in [1.54, 1.807) is 6.07 Å². The molecule has 1 unspecified atom stereocenters. The fourth-order valence-electron chi connectivity index (χ4n) is 4.31. The van der Waals surface area contributed by atoms with Crippen LogP contribution in [0, 0.1) is 0 Å². The molecule has 30 heavy (non-hydrogen) atoms. The van der Waals surface area contributed by atoms with E-state index in [0.29, 0.717) is 25.1 Å². The standard InChI is InChI=1S/C24H23N3O3/c1-16-7-2-3-9-18(13-16)23-19(26-12-6-11-22(26)28)15-27(25-23)24(29)21-14-17-8-4-5-10-20(17)30-21/h2,4-5,7-10,13-14,19H,3,6,11-12,15H2,1H3. The minimum Gasteiger partial charge on any atom is -0.451 e. The minimum atomic E-state index is -0.286. The summed E-state index contributed by atoms with van der Waals surface area (Å²) in [7, 11) is 0. The smallest absolute Gasteiger partial charge is 0.309 e. The van der Waals surface area contributed by atoms with Gasteiger partial charge in [0, 0.05) is 18.4 Å². The van der Waals surface area contributed by atoms with Gasteiger partial charge in [-0.3, -0.25) is 9.59 Å². The number of furan rings is 1. The fraction of sp³-hybridized carbons (Fsp3) is 0.292. The second kappa shape index (κ2) is 7.44. The number of carbonyl (C=O) groups is 2. The van der Waals surface area contributed by atoms with Gasteiger partial charge in [-0.25, -0.2) is 5.01 Å². The molecule has 1 fully saturated rings. The molecule has 2 amide bonds. The molecule has 0 spiro atoms. The molecule has 6 heteroatoms. The van der Waals surface area contributed by atoms with Crippen LogP contribution < -0.4 is 0 Å². The van der Waals surface area contributed by atoms with Crippen molar-refractivity contribution < 1.29 is 14.0 Å². The van der Waals surface area contributed by atoms with E-state index in [1.807, 2.05) is 36.1 Å². The summed E-state index contributed by atoms with van der Waals surface area (Å²) in [5, 5.41) is 7.03. The highest BCUT2D eigenvalue weighted by Crippen LogP contribution is 2.28. The average molecular weight is 401 g/mol. The molecule has 2 aromatic rings. The molecule has 1 aromatic carbocycles. The molecule has 152 valence electrons. The Hall–Kier alpha value is -3.41. The first-order chi connectivity index (χ1) is 14.6. The van der Waals surface area contributed by atoms with E-state index >= 15 is 0 Å². The van der Waals surface area contributed by atoms with Crippen LogP contribution in [0.3, 0.4) is 0 Å². The van der Waals surface area contributed by atoms with Gasteiger partial charge in [-0.2, -0.15) is 5.10 Å². The summed E-state index contributed by atoms with van der Waals surface area (Å²) in [6.07, 6.45) is 10.5. The molecule has 0 bridgehead atoms. The van der Waals surface area contributed by atoms with Crippen molar-refractivity contribution in [3.05, 3.63) is 71.5 Å². The Bertz CT molecular complexity index is 1120. The van der Waals surface area contributed by atoms with Gasteiger partial charge in [0.2, 0.25) is 5.91 Å². The van der Waals surface area contributed by atoms with Gasteiger partial charge in [-0.1, -0.05) is 48.1 Å². The van der Waals surface area contributed by atoms with E-state index in [-0.39, 0.29) is 23.6 Å². The summed E-state index contributed by atoms with van der Waals surface area (Å²) in [6.45, 7) is 3.08. The lowest BCUT2D eigenvalue weighted by atomic mass is 10.0. The molecule has 5 rings (SSSR count). The molecule has 1 atom stereocenters. The molecular formula is C24H23N3O3. The number of benzene rings is 1. The number of nitrogens with zero attached hydrogens (tertiary/aromatic N) is 3. The largest absolute Gasteiger partial charge is 0.451 e. The number of hydrazone groups is 1. The highest BCUT2D eigenvalue weighted by molar-refractivity contribution is 6.10. The van der Waals surface area contributed by atoms with Crippen molar-refractivity contribution in [3.8, 4) is 0 Å². The third-order valence-corrected chi connectivity index (χ3v) is 5.78. The van der Waals surface area contributed by atoms with Gasteiger partial charge in [0.15, 0.2) is 5.76 Å². The van der Waals surface area contributed by atoms with E-state index in [0.717, 1.165) is 35.1 Å². The molecule has 2 aliphatic heterocycles. The van der Waals surface area contributed by atoms with Crippen LogP contribution in [0.4, 0.5) is 0 Å². The van der Waals surface area contributed by atoms with E-state index in [9.17, 15) is 9.59 Å². The number of amides is 2. The van der Waals surface area contributed by atoms with Gasteiger partial charge in [0.25, 0.3) is 0 Å². The van der Waals surface area contributed by atoms with Gasteiger partial charge in [0.1, 0.15) is 5.58 Å². The zero-order chi connectivity index (χ0) is 20.7. The molecule has 0 N–H and O–H groups in total.